The third-order valence-electron chi connectivity index (χ3n) is 10.2. The summed E-state index contributed by atoms with van der Waals surface area (Å²) in [6.45, 7) is 8.78. The zero-order valence-corrected chi connectivity index (χ0v) is 31.3. The fraction of sp³-hybridized carbons (Fsp3) is 0.833. The van der Waals surface area contributed by atoms with Crippen molar-refractivity contribution in [3.05, 3.63) is 0 Å². The molecule has 2 aliphatic carbocycles. The predicted octanol–water partition coefficient (Wildman–Crippen LogP) is 1.40. The first-order chi connectivity index (χ1) is 24.0. The van der Waals surface area contributed by atoms with Gasteiger partial charge in [0.2, 0.25) is 17.7 Å². The number of carbonyl (C=O) groups excluding carboxylic acids is 5. The molecule has 5 atom stereocenters. The molecule has 0 radical (unpaired) electrons. The van der Waals surface area contributed by atoms with Crippen LogP contribution < -0.4 is 32.7 Å². The molecule has 0 spiro atoms. The molecule has 0 aromatic rings. The Hall–Kier alpha value is -2.94. The molecule has 0 bridgehead atoms. The van der Waals surface area contributed by atoms with Crippen molar-refractivity contribution in [2.24, 2.45) is 34.2 Å². The van der Waals surface area contributed by atoms with Crippen LogP contribution in [0.25, 0.3) is 0 Å². The Bertz CT molecular complexity index is 1110. The highest BCUT2D eigenvalue weighted by molar-refractivity contribution is 6.41. The van der Waals surface area contributed by atoms with Crippen molar-refractivity contribution in [3.8, 4) is 0 Å². The van der Waals surface area contributed by atoms with E-state index >= 15 is 0 Å². The number of hydrogen-bond donors (Lipinski definition) is 6. The van der Waals surface area contributed by atoms with E-state index in [4.69, 9.17) is 16.2 Å². The summed E-state index contributed by atoms with van der Waals surface area (Å²) in [5.41, 5.74) is 11.4. The Morgan fingerprint density at radius 1 is 0.900 bits per heavy atom. The van der Waals surface area contributed by atoms with Gasteiger partial charge in [-0.1, -0.05) is 52.4 Å². The number of hydrogen-bond acceptors (Lipinski definition) is 9. The maximum absolute atomic E-state index is 13.7. The number of ether oxygens (including phenoxy) is 1. The van der Waals surface area contributed by atoms with Gasteiger partial charge in [-0.2, -0.15) is 0 Å². The van der Waals surface area contributed by atoms with Crippen LogP contribution in [0.4, 0.5) is 0 Å². The molecule has 0 aromatic carbocycles. The smallest absolute Gasteiger partial charge is 0.270 e. The summed E-state index contributed by atoms with van der Waals surface area (Å²) in [6.07, 6.45) is 11.3. The summed E-state index contributed by atoms with van der Waals surface area (Å²) in [5.74, 6) is -1.98. The number of nitrogens with zero attached hydrogens (tertiary/aromatic N) is 2. The highest BCUT2D eigenvalue weighted by atomic mass is 16.5. The van der Waals surface area contributed by atoms with Crippen molar-refractivity contribution >= 4 is 35.2 Å². The molecule has 2 aliphatic rings. The van der Waals surface area contributed by atoms with E-state index in [1.165, 1.54) is 12.8 Å². The molecule has 2 saturated carbocycles. The second kappa shape index (κ2) is 23.5. The number of carbonyl (C=O) groups is 5. The highest BCUT2D eigenvalue weighted by Crippen LogP contribution is 2.28. The van der Waals surface area contributed by atoms with Gasteiger partial charge in [-0.15, -0.1) is 0 Å². The second-order valence-electron chi connectivity index (χ2n) is 14.2. The Labute approximate surface area is 299 Å². The van der Waals surface area contributed by atoms with Crippen molar-refractivity contribution in [1.29, 1.82) is 0 Å². The van der Waals surface area contributed by atoms with E-state index in [1.54, 1.807) is 7.05 Å². The summed E-state index contributed by atoms with van der Waals surface area (Å²) in [4.78, 5) is 72.4. The molecule has 14 heteroatoms. The first-order valence-corrected chi connectivity index (χ1v) is 18.9. The van der Waals surface area contributed by atoms with Crippen LogP contribution in [0, 0.1) is 17.8 Å². The van der Waals surface area contributed by atoms with Crippen molar-refractivity contribution in [1.82, 2.24) is 26.2 Å². The van der Waals surface area contributed by atoms with Gasteiger partial charge in [-0.25, -0.2) is 4.99 Å². The van der Waals surface area contributed by atoms with Crippen molar-refractivity contribution in [2.75, 3.05) is 46.4 Å². The van der Waals surface area contributed by atoms with Crippen LogP contribution in [0.1, 0.15) is 105 Å². The average molecular weight is 707 g/mol. The topological polar surface area (TPSA) is 210 Å². The van der Waals surface area contributed by atoms with Gasteiger partial charge in [0, 0.05) is 45.2 Å². The van der Waals surface area contributed by atoms with Crippen LogP contribution in [-0.4, -0.2) is 111 Å². The van der Waals surface area contributed by atoms with Gasteiger partial charge in [0.15, 0.2) is 0 Å². The van der Waals surface area contributed by atoms with Gasteiger partial charge in [-0.05, 0) is 70.8 Å². The summed E-state index contributed by atoms with van der Waals surface area (Å²) in [7, 11) is 1.61. The van der Waals surface area contributed by atoms with Gasteiger partial charge < -0.3 is 37.5 Å². The maximum atomic E-state index is 13.7. The van der Waals surface area contributed by atoms with E-state index in [2.05, 4.69) is 31.2 Å². The van der Waals surface area contributed by atoms with Crippen molar-refractivity contribution < 1.29 is 28.7 Å². The van der Waals surface area contributed by atoms with Gasteiger partial charge in [-0.3, -0.25) is 28.9 Å². The summed E-state index contributed by atoms with van der Waals surface area (Å²) in [6, 6.07) is -2.60. The third-order valence-corrected chi connectivity index (χ3v) is 10.2. The van der Waals surface area contributed by atoms with Gasteiger partial charge in [0.1, 0.15) is 17.8 Å². The monoisotopic (exact) mass is 707 g/mol. The van der Waals surface area contributed by atoms with E-state index in [9.17, 15) is 24.0 Å². The number of nitrogens with one attached hydrogen (secondary N) is 4. The SMILES string of the molecule is CCC[C@H](C)C(=O)N[C@H](C(=O)NC(CN)C(=O)N=C(COCCCN)C(=O)NC[C@H](C)N(CC1CCCC1)[C@@H](C)C(=O)NC)C1CCCCC1. The molecule has 14 nitrogen and oxygen atoms in total. The lowest BCUT2D eigenvalue weighted by molar-refractivity contribution is -0.134. The molecule has 5 amide bonds. The summed E-state index contributed by atoms with van der Waals surface area (Å²) < 4.78 is 5.63. The van der Waals surface area contributed by atoms with Crippen LogP contribution in [0.5, 0.6) is 0 Å². The van der Waals surface area contributed by atoms with E-state index in [0.717, 1.165) is 57.9 Å². The lowest BCUT2D eigenvalue weighted by atomic mass is 9.83. The van der Waals surface area contributed by atoms with Gasteiger partial charge in [0.05, 0.1) is 12.6 Å². The van der Waals surface area contributed by atoms with Gasteiger partial charge in [0.25, 0.3) is 11.8 Å². The molecule has 0 saturated heterocycles. The molecule has 1 unspecified atom stereocenters. The third kappa shape index (κ3) is 14.4. The molecule has 8 N–H and O–H groups in total. The number of nitrogens with two attached hydrogens (primary N) is 2. The fourth-order valence-corrected chi connectivity index (χ4v) is 6.95. The first-order valence-electron chi connectivity index (χ1n) is 18.9. The number of likely N-dealkylation sites (N-methyl/N-ethyl adjacent to an activating group) is 1. The van der Waals surface area contributed by atoms with E-state index in [0.29, 0.717) is 25.3 Å². The maximum Gasteiger partial charge on any atom is 0.270 e. The second-order valence-corrected chi connectivity index (χ2v) is 14.2. The van der Waals surface area contributed by atoms with Gasteiger partial charge >= 0.3 is 0 Å². The standard InChI is InChI=1S/C36H66N8O6/c1-6-13-24(2)32(45)43-31(28-16-8-7-9-17-28)36(49)41-29(20-38)35(48)42-30(23-50-19-12-18-37)34(47)40-21-25(3)44(26(4)33(46)39-5)22-27-14-10-11-15-27/h24-29,31H,6-23,37-38H2,1-5H3,(H,39,46)(H,40,47)(H,41,49)(H,43,45)/t24-,25-,26-,29?,31-/m0/s1. The fourth-order valence-electron chi connectivity index (χ4n) is 6.95. The van der Waals surface area contributed by atoms with E-state index in [-0.39, 0.29) is 61.7 Å². The largest absolute Gasteiger partial charge is 0.375 e. The molecular weight excluding hydrogens is 640 g/mol. The quantitative estimate of drug-likeness (QED) is 0.0709. The van der Waals surface area contributed by atoms with Crippen LogP contribution in [0.2, 0.25) is 0 Å². The average Bonchev–Trinajstić information content (AvgIpc) is 3.64. The number of amides is 5. The van der Waals surface area contributed by atoms with Crippen molar-refractivity contribution in [3.63, 3.8) is 0 Å². The Kier molecular flexibility index (Phi) is 20.3. The Morgan fingerprint density at radius 3 is 2.16 bits per heavy atom. The van der Waals surface area contributed by atoms with Crippen LogP contribution >= 0.6 is 0 Å². The van der Waals surface area contributed by atoms with Crippen LogP contribution in [0.3, 0.4) is 0 Å². The summed E-state index contributed by atoms with van der Waals surface area (Å²) in [5, 5.41) is 11.3. The molecule has 2 fully saturated rings. The molecule has 0 aromatic heterocycles. The van der Waals surface area contributed by atoms with Crippen molar-refractivity contribution in [2.45, 2.75) is 129 Å². The molecule has 0 heterocycles. The van der Waals surface area contributed by atoms with Crippen LogP contribution in [-0.2, 0) is 28.7 Å². The lowest BCUT2D eigenvalue weighted by Crippen LogP contribution is -2.57. The lowest BCUT2D eigenvalue weighted by Gasteiger charge is -2.35. The predicted molar refractivity (Wildman–Crippen MR) is 195 cm³/mol. The Balaban J connectivity index is 2.21. The number of rotatable bonds is 22. The number of aliphatic imine (C=N–C) groups is 1. The minimum atomic E-state index is -1.21. The zero-order valence-electron chi connectivity index (χ0n) is 31.3. The highest BCUT2D eigenvalue weighted by Gasteiger charge is 2.34. The molecular formula is C36H66N8O6. The zero-order chi connectivity index (χ0) is 37.1. The minimum absolute atomic E-state index is 0.0582. The normalized spacial score (nSPS) is 18.9. The first kappa shape index (κ1) is 43.2. The molecule has 286 valence electrons. The molecule has 2 rings (SSSR count). The van der Waals surface area contributed by atoms with E-state index in [1.807, 2.05) is 27.7 Å². The molecule has 0 aliphatic heterocycles. The minimum Gasteiger partial charge on any atom is -0.375 e. The van der Waals surface area contributed by atoms with Crippen LogP contribution in [0.15, 0.2) is 4.99 Å². The molecule has 50 heavy (non-hydrogen) atoms. The summed E-state index contributed by atoms with van der Waals surface area (Å²) >= 11 is 0. The van der Waals surface area contributed by atoms with E-state index < -0.39 is 35.8 Å². The Morgan fingerprint density at radius 2 is 1.56 bits per heavy atom.